The third kappa shape index (κ3) is 3.30. The van der Waals surface area contributed by atoms with Crippen LogP contribution in [0.15, 0.2) is 34.5 Å². The molecule has 4 aromatic heterocycles. The van der Waals surface area contributed by atoms with E-state index < -0.39 is 11.1 Å². The van der Waals surface area contributed by atoms with E-state index in [2.05, 4.69) is 21.3 Å². The van der Waals surface area contributed by atoms with Crippen molar-refractivity contribution in [2.45, 2.75) is 58.7 Å². The lowest BCUT2D eigenvalue weighted by molar-refractivity contribution is 0.269. The highest BCUT2D eigenvalue weighted by molar-refractivity contribution is 5.84. The maximum atomic E-state index is 13.2. The van der Waals surface area contributed by atoms with Gasteiger partial charge in [-0.25, -0.2) is 14.3 Å². The van der Waals surface area contributed by atoms with Crippen molar-refractivity contribution in [2.24, 2.45) is 7.05 Å². The molecule has 0 atom stereocenters. The highest BCUT2D eigenvalue weighted by Gasteiger charge is 2.26. The number of rotatable bonds is 4. The summed E-state index contributed by atoms with van der Waals surface area (Å²) in [4.78, 5) is 30.6. The molecule has 0 spiro atoms. The van der Waals surface area contributed by atoms with Gasteiger partial charge >= 0.3 is 0 Å². The van der Waals surface area contributed by atoms with Gasteiger partial charge in [0.25, 0.3) is 11.1 Å². The third-order valence-corrected chi connectivity index (χ3v) is 5.77. The molecule has 32 heavy (non-hydrogen) atoms. The van der Waals surface area contributed by atoms with Crippen LogP contribution in [-0.2, 0) is 24.7 Å². The molecule has 0 N–H and O–H groups in total. The summed E-state index contributed by atoms with van der Waals surface area (Å²) < 4.78 is 6.38. The molecule has 0 amide bonds. The van der Waals surface area contributed by atoms with E-state index >= 15 is 0 Å². The lowest BCUT2D eigenvalue weighted by Gasteiger charge is -2.26. The van der Waals surface area contributed by atoms with E-state index in [0.29, 0.717) is 40.5 Å². The second kappa shape index (κ2) is 7.15. The van der Waals surface area contributed by atoms with Gasteiger partial charge in [-0.3, -0.25) is 9.59 Å². The summed E-state index contributed by atoms with van der Waals surface area (Å²) in [6, 6.07) is 2.10. The minimum absolute atomic E-state index is 0.199. The van der Waals surface area contributed by atoms with Gasteiger partial charge in [-0.1, -0.05) is 0 Å². The first-order chi connectivity index (χ1) is 15.0. The minimum atomic E-state index is -0.644. The van der Waals surface area contributed by atoms with Crippen LogP contribution in [0.4, 0.5) is 0 Å². The number of aryl methyl sites for hydroxylation is 2. The van der Waals surface area contributed by atoms with E-state index in [1.54, 1.807) is 36.5 Å². The van der Waals surface area contributed by atoms with E-state index in [9.17, 15) is 14.9 Å². The molecule has 166 valence electrons. The van der Waals surface area contributed by atoms with Crippen molar-refractivity contribution in [3.8, 4) is 6.07 Å². The molecule has 4 heterocycles. The van der Waals surface area contributed by atoms with E-state index in [4.69, 9.17) is 0 Å². The summed E-state index contributed by atoms with van der Waals surface area (Å²) in [6.45, 7) is 10.1. The van der Waals surface area contributed by atoms with Crippen LogP contribution in [0.5, 0.6) is 0 Å². The first-order valence-electron chi connectivity index (χ1n) is 10.4. The molecule has 0 bridgehead atoms. The summed E-state index contributed by atoms with van der Waals surface area (Å²) in [5.41, 5.74) is 0.336. The number of imidazole rings is 1. The van der Waals surface area contributed by atoms with Gasteiger partial charge in [0.2, 0.25) is 0 Å². The standard InChI is InChI=1S/C22H26N8O2/c1-21(2,3)29-20(32)18-16(11-26-29)24-13-28(18)8-7-22(4,5)30-19(31)17-15(10-25-30)14(9-23)12-27(17)6/h10-13H,7-8H2,1-6H3. The van der Waals surface area contributed by atoms with Gasteiger partial charge in [0.1, 0.15) is 22.6 Å². The fourth-order valence-electron chi connectivity index (χ4n) is 3.97. The fourth-order valence-corrected chi connectivity index (χ4v) is 3.97. The number of fused-ring (bicyclic) bond motifs is 2. The number of nitrogens with zero attached hydrogens (tertiary/aromatic N) is 8. The molecule has 0 saturated carbocycles. The quantitative estimate of drug-likeness (QED) is 0.486. The SMILES string of the molecule is Cn1cc(C#N)c2cnn(C(C)(C)CCn3cnc4cnn(C(C)(C)C)c(=O)c43)c(=O)c21. The molecule has 0 radical (unpaired) electrons. The van der Waals surface area contributed by atoms with Crippen molar-refractivity contribution in [3.05, 3.63) is 51.2 Å². The van der Waals surface area contributed by atoms with Crippen molar-refractivity contribution >= 4 is 21.9 Å². The Morgan fingerprint density at radius 2 is 1.66 bits per heavy atom. The highest BCUT2D eigenvalue weighted by atomic mass is 16.1. The first kappa shape index (κ1) is 21.5. The van der Waals surface area contributed by atoms with Gasteiger partial charge in [0.05, 0.1) is 35.4 Å². The summed E-state index contributed by atoms with van der Waals surface area (Å²) in [7, 11) is 1.74. The number of hydrogen-bond donors (Lipinski definition) is 0. The predicted molar refractivity (Wildman–Crippen MR) is 120 cm³/mol. The molecule has 10 heteroatoms. The van der Waals surface area contributed by atoms with E-state index in [-0.39, 0.29) is 11.1 Å². The Hall–Kier alpha value is -3.74. The van der Waals surface area contributed by atoms with Crippen LogP contribution >= 0.6 is 0 Å². The molecule has 0 saturated heterocycles. The van der Waals surface area contributed by atoms with Gasteiger partial charge in [0.15, 0.2) is 0 Å². The molecule has 10 nitrogen and oxygen atoms in total. The average molecular weight is 435 g/mol. The van der Waals surface area contributed by atoms with Crippen LogP contribution in [-0.4, -0.2) is 33.7 Å². The second-order valence-electron chi connectivity index (χ2n) is 9.66. The molecule has 0 aliphatic heterocycles. The molecular weight excluding hydrogens is 408 g/mol. The van der Waals surface area contributed by atoms with Crippen molar-refractivity contribution in [3.63, 3.8) is 0 Å². The Kier molecular flexibility index (Phi) is 4.80. The lowest BCUT2D eigenvalue weighted by Crippen LogP contribution is -2.39. The van der Waals surface area contributed by atoms with Crippen LogP contribution in [0, 0.1) is 11.3 Å². The molecule has 4 rings (SSSR count). The number of aromatic nitrogens is 7. The van der Waals surface area contributed by atoms with Crippen molar-refractivity contribution in [1.82, 2.24) is 33.7 Å². The van der Waals surface area contributed by atoms with Crippen molar-refractivity contribution < 1.29 is 0 Å². The molecule has 4 aromatic rings. The van der Waals surface area contributed by atoms with Gasteiger partial charge in [-0.15, -0.1) is 0 Å². The summed E-state index contributed by atoms with van der Waals surface area (Å²) in [6.07, 6.45) is 6.97. The Morgan fingerprint density at radius 1 is 1.00 bits per heavy atom. The maximum absolute atomic E-state index is 13.2. The number of nitriles is 1. The Bertz CT molecular complexity index is 1500. The summed E-state index contributed by atoms with van der Waals surface area (Å²) in [5.74, 6) is 0. The van der Waals surface area contributed by atoms with Gasteiger partial charge < -0.3 is 9.13 Å². The zero-order valence-electron chi connectivity index (χ0n) is 19.1. The van der Waals surface area contributed by atoms with Crippen LogP contribution in [0.25, 0.3) is 21.9 Å². The zero-order valence-corrected chi connectivity index (χ0v) is 19.1. The Labute approximate surface area is 184 Å². The molecule has 0 unspecified atom stereocenters. The maximum Gasteiger partial charge on any atom is 0.293 e. The van der Waals surface area contributed by atoms with Crippen LogP contribution in [0.1, 0.15) is 46.6 Å². The summed E-state index contributed by atoms with van der Waals surface area (Å²) >= 11 is 0. The Balaban J connectivity index is 1.72. The van der Waals surface area contributed by atoms with Crippen molar-refractivity contribution in [1.29, 1.82) is 5.26 Å². The zero-order chi connectivity index (χ0) is 23.4. The second-order valence-corrected chi connectivity index (χ2v) is 9.66. The van der Waals surface area contributed by atoms with Gasteiger partial charge in [0, 0.05) is 25.2 Å². The monoisotopic (exact) mass is 434 g/mol. The minimum Gasteiger partial charge on any atom is -0.345 e. The van der Waals surface area contributed by atoms with Crippen molar-refractivity contribution in [2.75, 3.05) is 0 Å². The topological polar surface area (TPSA) is 116 Å². The van der Waals surface area contributed by atoms with E-state index in [0.717, 1.165) is 0 Å². The molecule has 0 aromatic carbocycles. The smallest absolute Gasteiger partial charge is 0.293 e. The Morgan fingerprint density at radius 3 is 2.31 bits per heavy atom. The van der Waals surface area contributed by atoms with Crippen LogP contribution in [0.3, 0.4) is 0 Å². The fraction of sp³-hybridized carbons (Fsp3) is 0.455. The molecular formula is C22H26N8O2. The number of hydrogen-bond acceptors (Lipinski definition) is 6. The molecule has 0 aliphatic carbocycles. The molecule has 0 aliphatic rings. The third-order valence-electron chi connectivity index (χ3n) is 5.77. The first-order valence-corrected chi connectivity index (χ1v) is 10.4. The largest absolute Gasteiger partial charge is 0.345 e. The average Bonchev–Trinajstić information content (AvgIpc) is 3.27. The predicted octanol–water partition coefficient (Wildman–Crippen LogP) is 2.09. The van der Waals surface area contributed by atoms with E-state index in [1.807, 2.05) is 39.2 Å². The lowest BCUT2D eigenvalue weighted by atomic mass is 10.0. The normalized spacial score (nSPS) is 12.5. The van der Waals surface area contributed by atoms with Crippen LogP contribution in [0.2, 0.25) is 0 Å². The summed E-state index contributed by atoms with van der Waals surface area (Å²) in [5, 5.41) is 18.5. The highest BCUT2D eigenvalue weighted by Crippen LogP contribution is 2.22. The van der Waals surface area contributed by atoms with E-state index in [1.165, 1.54) is 9.36 Å². The van der Waals surface area contributed by atoms with Gasteiger partial charge in [-0.05, 0) is 41.0 Å². The van der Waals surface area contributed by atoms with Gasteiger partial charge in [-0.2, -0.15) is 15.5 Å². The molecule has 0 fully saturated rings. The van der Waals surface area contributed by atoms with Crippen LogP contribution < -0.4 is 11.1 Å².